The summed E-state index contributed by atoms with van der Waals surface area (Å²) in [6.07, 6.45) is 4.88. The maximum absolute atomic E-state index is 12.6. The average molecular weight is 358 g/mol. The van der Waals surface area contributed by atoms with E-state index >= 15 is 0 Å². The van der Waals surface area contributed by atoms with Gasteiger partial charge in [-0.1, -0.05) is 17.3 Å². The number of hydrogen-bond donors (Lipinski definition) is 0. The molecule has 0 radical (unpaired) electrons. The van der Waals surface area contributed by atoms with Crippen LogP contribution in [0.25, 0.3) is 22.4 Å². The third kappa shape index (κ3) is 2.80. The fourth-order valence-electron chi connectivity index (χ4n) is 3.04. The number of likely N-dealkylation sites (tertiary alicyclic amines) is 1. The Hall–Kier alpha value is -3.68. The normalized spacial score (nSPS) is 14.3. The minimum atomic E-state index is -0.140. The molecule has 1 aromatic carbocycles. The zero-order valence-corrected chi connectivity index (χ0v) is 14.2. The van der Waals surface area contributed by atoms with Gasteiger partial charge in [0.15, 0.2) is 0 Å². The van der Waals surface area contributed by atoms with Crippen molar-refractivity contribution in [3.8, 4) is 11.4 Å². The fourth-order valence-corrected chi connectivity index (χ4v) is 3.04. The summed E-state index contributed by atoms with van der Waals surface area (Å²) in [6, 6.07) is 11.1. The molecule has 1 aliphatic heterocycles. The van der Waals surface area contributed by atoms with Crippen molar-refractivity contribution < 1.29 is 9.32 Å². The van der Waals surface area contributed by atoms with Crippen LogP contribution >= 0.6 is 0 Å². The van der Waals surface area contributed by atoms with Crippen molar-refractivity contribution >= 4 is 16.9 Å². The Morgan fingerprint density at radius 1 is 1.04 bits per heavy atom. The number of para-hydroxylation sites is 2. The van der Waals surface area contributed by atoms with E-state index in [2.05, 4.69) is 25.1 Å². The zero-order valence-electron chi connectivity index (χ0n) is 14.2. The molecule has 8 heteroatoms. The van der Waals surface area contributed by atoms with Crippen molar-refractivity contribution in [2.45, 2.75) is 5.92 Å². The SMILES string of the molecule is O=C(c1cnc2ccccc2n1)N1CC(c2nc(-c3ccncc3)no2)C1. The highest BCUT2D eigenvalue weighted by Crippen LogP contribution is 2.28. The second-order valence-electron chi connectivity index (χ2n) is 6.34. The molecule has 0 saturated carbocycles. The summed E-state index contributed by atoms with van der Waals surface area (Å²) in [5.41, 5.74) is 2.67. The Kier molecular flexibility index (Phi) is 3.60. The number of nitrogens with zero attached hydrogens (tertiary/aromatic N) is 6. The van der Waals surface area contributed by atoms with Gasteiger partial charge < -0.3 is 9.42 Å². The number of hydrogen-bond acceptors (Lipinski definition) is 7. The molecule has 3 aromatic heterocycles. The van der Waals surface area contributed by atoms with Crippen LogP contribution < -0.4 is 0 Å². The Morgan fingerprint density at radius 3 is 2.63 bits per heavy atom. The van der Waals surface area contributed by atoms with E-state index in [0.29, 0.717) is 36.0 Å². The minimum Gasteiger partial charge on any atom is -0.339 e. The molecule has 0 bridgehead atoms. The van der Waals surface area contributed by atoms with Gasteiger partial charge >= 0.3 is 0 Å². The van der Waals surface area contributed by atoms with Gasteiger partial charge in [-0.05, 0) is 24.3 Å². The molecule has 5 rings (SSSR count). The van der Waals surface area contributed by atoms with Crippen molar-refractivity contribution in [3.05, 3.63) is 66.6 Å². The van der Waals surface area contributed by atoms with Crippen LogP contribution in [-0.4, -0.2) is 49.0 Å². The molecule has 1 fully saturated rings. The largest absolute Gasteiger partial charge is 0.339 e. The van der Waals surface area contributed by atoms with Crippen LogP contribution in [-0.2, 0) is 0 Å². The van der Waals surface area contributed by atoms with Crippen LogP contribution in [0.3, 0.4) is 0 Å². The topological polar surface area (TPSA) is 97.9 Å². The smallest absolute Gasteiger partial charge is 0.274 e. The van der Waals surface area contributed by atoms with Crippen molar-refractivity contribution in [3.63, 3.8) is 0 Å². The molecular formula is C19H14N6O2. The number of aromatic nitrogens is 5. The molecule has 4 heterocycles. The Bertz CT molecular complexity index is 1120. The van der Waals surface area contributed by atoms with Crippen molar-refractivity contribution in [2.24, 2.45) is 0 Å². The van der Waals surface area contributed by atoms with Crippen molar-refractivity contribution in [1.29, 1.82) is 0 Å². The summed E-state index contributed by atoms with van der Waals surface area (Å²) in [6.45, 7) is 1.04. The van der Waals surface area contributed by atoms with Crippen LogP contribution in [0.2, 0.25) is 0 Å². The first-order chi connectivity index (χ1) is 13.3. The second-order valence-corrected chi connectivity index (χ2v) is 6.34. The van der Waals surface area contributed by atoms with E-state index in [1.807, 2.05) is 36.4 Å². The molecule has 0 unspecified atom stereocenters. The predicted octanol–water partition coefficient (Wildman–Crippen LogP) is 2.31. The monoisotopic (exact) mass is 358 g/mol. The number of rotatable bonds is 3. The summed E-state index contributed by atoms with van der Waals surface area (Å²) in [7, 11) is 0. The number of carbonyl (C=O) groups excluding carboxylic acids is 1. The van der Waals surface area contributed by atoms with E-state index in [0.717, 1.165) is 11.1 Å². The van der Waals surface area contributed by atoms with Gasteiger partial charge in [0.25, 0.3) is 5.91 Å². The zero-order chi connectivity index (χ0) is 18.2. The maximum Gasteiger partial charge on any atom is 0.274 e. The third-order valence-electron chi connectivity index (χ3n) is 4.57. The van der Waals surface area contributed by atoms with Crippen LogP contribution in [0.15, 0.2) is 59.5 Å². The fraction of sp³-hybridized carbons (Fsp3) is 0.158. The van der Waals surface area contributed by atoms with Gasteiger partial charge in [-0.15, -0.1) is 0 Å². The summed E-state index contributed by atoms with van der Waals surface area (Å²) >= 11 is 0. The van der Waals surface area contributed by atoms with Gasteiger partial charge in [0.2, 0.25) is 11.7 Å². The number of amides is 1. The van der Waals surface area contributed by atoms with E-state index in [4.69, 9.17) is 4.52 Å². The molecule has 8 nitrogen and oxygen atoms in total. The summed E-state index contributed by atoms with van der Waals surface area (Å²) < 4.78 is 5.37. The van der Waals surface area contributed by atoms with E-state index in [1.165, 1.54) is 6.20 Å². The molecule has 1 aliphatic rings. The Labute approximate surface area is 153 Å². The quantitative estimate of drug-likeness (QED) is 0.554. The Morgan fingerprint density at radius 2 is 1.81 bits per heavy atom. The maximum atomic E-state index is 12.6. The number of carbonyl (C=O) groups is 1. The Balaban J connectivity index is 1.29. The van der Waals surface area contributed by atoms with E-state index in [1.54, 1.807) is 17.3 Å². The first-order valence-corrected chi connectivity index (χ1v) is 8.53. The predicted molar refractivity (Wildman–Crippen MR) is 95.7 cm³/mol. The second kappa shape index (κ2) is 6.24. The van der Waals surface area contributed by atoms with E-state index < -0.39 is 0 Å². The van der Waals surface area contributed by atoms with Gasteiger partial charge in [0.05, 0.1) is 23.1 Å². The van der Waals surface area contributed by atoms with Crippen LogP contribution in [0.1, 0.15) is 22.3 Å². The highest BCUT2D eigenvalue weighted by molar-refractivity contribution is 5.94. The van der Waals surface area contributed by atoms with Gasteiger partial charge in [-0.3, -0.25) is 14.8 Å². The van der Waals surface area contributed by atoms with Gasteiger partial charge in [0.1, 0.15) is 5.69 Å². The van der Waals surface area contributed by atoms with E-state index in [9.17, 15) is 4.79 Å². The summed E-state index contributed by atoms with van der Waals surface area (Å²) in [5.74, 6) is 0.955. The molecule has 1 amide bonds. The molecule has 0 spiro atoms. The lowest BCUT2D eigenvalue weighted by molar-refractivity contribution is 0.0563. The lowest BCUT2D eigenvalue weighted by Crippen LogP contribution is -2.48. The third-order valence-corrected chi connectivity index (χ3v) is 4.57. The average Bonchev–Trinajstić information content (AvgIpc) is 3.17. The van der Waals surface area contributed by atoms with E-state index in [-0.39, 0.29) is 11.8 Å². The molecule has 132 valence electrons. The molecule has 27 heavy (non-hydrogen) atoms. The first kappa shape index (κ1) is 15.6. The molecule has 4 aromatic rings. The highest BCUT2D eigenvalue weighted by atomic mass is 16.5. The van der Waals surface area contributed by atoms with Crippen molar-refractivity contribution in [2.75, 3.05) is 13.1 Å². The lowest BCUT2D eigenvalue weighted by Gasteiger charge is -2.36. The molecule has 0 atom stereocenters. The minimum absolute atomic E-state index is 0.0328. The summed E-state index contributed by atoms with van der Waals surface area (Å²) in [5, 5.41) is 4.01. The van der Waals surface area contributed by atoms with Crippen molar-refractivity contribution in [1.82, 2.24) is 30.0 Å². The molecular weight excluding hydrogens is 344 g/mol. The van der Waals surface area contributed by atoms with Crippen LogP contribution in [0.4, 0.5) is 0 Å². The number of fused-ring (bicyclic) bond motifs is 1. The van der Waals surface area contributed by atoms with Gasteiger partial charge in [-0.25, -0.2) is 4.98 Å². The lowest BCUT2D eigenvalue weighted by atomic mass is 9.99. The van der Waals surface area contributed by atoms with Crippen LogP contribution in [0.5, 0.6) is 0 Å². The highest BCUT2D eigenvalue weighted by Gasteiger charge is 2.36. The van der Waals surface area contributed by atoms with Gasteiger partial charge in [0, 0.05) is 31.0 Å². The number of benzene rings is 1. The van der Waals surface area contributed by atoms with Crippen LogP contribution in [0, 0.1) is 0 Å². The molecule has 1 saturated heterocycles. The van der Waals surface area contributed by atoms with Gasteiger partial charge in [-0.2, -0.15) is 4.98 Å². The molecule has 0 aliphatic carbocycles. The standard InChI is InChI=1S/C19H14N6O2/c26-19(16-9-21-14-3-1-2-4-15(14)22-16)25-10-13(11-25)18-23-17(24-27-18)12-5-7-20-8-6-12/h1-9,13H,10-11H2. The first-order valence-electron chi connectivity index (χ1n) is 8.53. The summed E-state index contributed by atoms with van der Waals surface area (Å²) in [4.78, 5) is 31.5. The number of pyridine rings is 1. The molecule has 0 N–H and O–H groups in total.